The first kappa shape index (κ1) is 17.6. The average Bonchev–Trinajstić information content (AvgIpc) is 2.80. The summed E-state index contributed by atoms with van der Waals surface area (Å²) >= 11 is 3.36. The van der Waals surface area contributed by atoms with Gasteiger partial charge < -0.3 is 5.32 Å². The Bertz CT molecular complexity index is 525. The van der Waals surface area contributed by atoms with E-state index in [2.05, 4.69) is 32.3 Å². The highest BCUT2D eigenvalue weighted by Gasteiger charge is 2.45. The van der Waals surface area contributed by atoms with E-state index in [0.717, 1.165) is 10.9 Å². The molecule has 0 aliphatic carbocycles. The number of allylic oxidation sites excluding steroid dienone is 4. The molecule has 2 rings (SSSR count). The van der Waals surface area contributed by atoms with Crippen molar-refractivity contribution in [3.8, 4) is 0 Å². The Morgan fingerprint density at radius 2 is 2.00 bits per heavy atom. The summed E-state index contributed by atoms with van der Waals surface area (Å²) < 4.78 is 0. The second-order valence-corrected chi connectivity index (χ2v) is 5.19. The minimum absolute atomic E-state index is 0.0403. The van der Waals surface area contributed by atoms with Crippen molar-refractivity contribution in [3.05, 3.63) is 48.2 Å². The SMILES string of the molecule is C/C=C/C[C@]1(C/C=C/CBr)C(=O)Nc2ncccc21.CC. The van der Waals surface area contributed by atoms with Crippen LogP contribution in [0.3, 0.4) is 0 Å². The van der Waals surface area contributed by atoms with E-state index in [1.54, 1.807) is 6.20 Å². The summed E-state index contributed by atoms with van der Waals surface area (Å²) in [7, 11) is 0. The molecule has 0 bridgehead atoms. The van der Waals surface area contributed by atoms with Gasteiger partial charge in [0.1, 0.15) is 5.82 Å². The molecule has 2 heterocycles. The lowest BCUT2D eigenvalue weighted by Crippen LogP contribution is -2.33. The van der Waals surface area contributed by atoms with Crippen molar-refractivity contribution in [2.24, 2.45) is 0 Å². The van der Waals surface area contributed by atoms with Crippen LogP contribution in [0.2, 0.25) is 0 Å². The van der Waals surface area contributed by atoms with Gasteiger partial charge in [0.2, 0.25) is 5.91 Å². The number of carbonyl (C=O) groups excluding carboxylic acids is 1. The molecule has 0 aromatic carbocycles. The molecule has 1 aliphatic heterocycles. The van der Waals surface area contributed by atoms with Crippen molar-refractivity contribution >= 4 is 27.7 Å². The Morgan fingerprint density at radius 3 is 2.67 bits per heavy atom. The molecule has 114 valence electrons. The van der Waals surface area contributed by atoms with E-state index in [4.69, 9.17) is 0 Å². The van der Waals surface area contributed by atoms with Crippen molar-refractivity contribution in [2.45, 2.75) is 39.0 Å². The first-order chi connectivity index (χ1) is 10.2. The first-order valence-corrected chi connectivity index (χ1v) is 8.46. The Balaban J connectivity index is 0.00000106. The molecule has 1 aliphatic rings. The molecule has 0 saturated carbocycles. The fourth-order valence-corrected chi connectivity index (χ4v) is 2.66. The topological polar surface area (TPSA) is 42.0 Å². The number of hydrogen-bond donors (Lipinski definition) is 1. The van der Waals surface area contributed by atoms with Crippen molar-refractivity contribution in [1.82, 2.24) is 4.98 Å². The molecule has 1 amide bonds. The molecule has 1 aromatic heterocycles. The van der Waals surface area contributed by atoms with E-state index < -0.39 is 5.41 Å². The highest BCUT2D eigenvalue weighted by molar-refractivity contribution is 9.09. The standard InChI is InChI=1S/C15H17BrN2O.C2H6/c1-2-3-8-15(9-4-5-10-16)12-7-6-11-17-13(12)18-14(15)19;1-2/h2-7,11H,8-10H2,1H3,(H,17,18,19);1-2H3/b3-2+,5-4+;/t15-;/m1./s1. The van der Waals surface area contributed by atoms with Gasteiger partial charge >= 0.3 is 0 Å². The van der Waals surface area contributed by atoms with E-state index >= 15 is 0 Å². The number of carbonyl (C=O) groups is 1. The van der Waals surface area contributed by atoms with E-state index in [-0.39, 0.29) is 5.91 Å². The lowest BCUT2D eigenvalue weighted by molar-refractivity contribution is -0.120. The molecule has 0 spiro atoms. The lowest BCUT2D eigenvalue weighted by atomic mass is 9.76. The number of fused-ring (bicyclic) bond motifs is 1. The number of aromatic nitrogens is 1. The van der Waals surface area contributed by atoms with Gasteiger partial charge in [0.25, 0.3) is 0 Å². The monoisotopic (exact) mass is 350 g/mol. The van der Waals surface area contributed by atoms with Crippen LogP contribution >= 0.6 is 15.9 Å². The summed E-state index contributed by atoms with van der Waals surface area (Å²) in [6.07, 6.45) is 11.2. The van der Waals surface area contributed by atoms with Gasteiger partial charge in [-0.25, -0.2) is 4.98 Å². The third-order valence-corrected chi connectivity index (χ3v) is 3.79. The molecule has 4 heteroatoms. The Hall–Kier alpha value is -1.42. The smallest absolute Gasteiger partial charge is 0.236 e. The summed E-state index contributed by atoms with van der Waals surface area (Å²) in [5.74, 6) is 0.739. The fraction of sp³-hybridized carbons (Fsp3) is 0.412. The van der Waals surface area contributed by atoms with Crippen LogP contribution in [0.25, 0.3) is 0 Å². The third kappa shape index (κ3) is 3.82. The maximum Gasteiger partial charge on any atom is 0.236 e. The van der Waals surface area contributed by atoms with Gasteiger partial charge in [-0.1, -0.05) is 60.1 Å². The molecule has 1 N–H and O–H groups in total. The largest absolute Gasteiger partial charge is 0.310 e. The molecule has 21 heavy (non-hydrogen) atoms. The zero-order valence-electron chi connectivity index (χ0n) is 12.9. The van der Waals surface area contributed by atoms with Crippen LogP contribution in [0.15, 0.2) is 42.6 Å². The highest BCUT2D eigenvalue weighted by Crippen LogP contribution is 2.42. The lowest BCUT2D eigenvalue weighted by Gasteiger charge is -2.24. The second kappa shape index (κ2) is 8.78. The first-order valence-electron chi connectivity index (χ1n) is 7.33. The Kier molecular flexibility index (Phi) is 7.37. The number of anilines is 1. The highest BCUT2D eigenvalue weighted by atomic mass is 79.9. The van der Waals surface area contributed by atoms with Gasteiger partial charge in [0.05, 0.1) is 5.41 Å². The quantitative estimate of drug-likeness (QED) is 0.622. The van der Waals surface area contributed by atoms with Crippen molar-refractivity contribution in [3.63, 3.8) is 0 Å². The van der Waals surface area contributed by atoms with Crippen LogP contribution in [0.1, 0.15) is 39.2 Å². The summed E-state index contributed by atoms with van der Waals surface area (Å²) in [5, 5.41) is 3.69. The summed E-state index contributed by atoms with van der Waals surface area (Å²) in [4.78, 5) is 16.7. The molecule has 0 saturated heterocycles. The Labute approximate surface area is 135 Å². The zero-order valence-corrected chi connectivity index (χ0v) is 14.5. The van der Waals surface area contributed by atoms with Crippen LogP contribution in [0.5, 0.6) is 0 Å². The van der Waals surface area contributed by atoms with E-state index in [9.17, 15) is 4.79 Å². The number of rotatable bonds is 5. The van der Waals surface area contributed by atoms with E-state index in [0.29, 0.717) is 18.7 Å². The number of pyridine rings is 1. The average molecular weight is 351 g/mol. The minimum Gasteiger partial charge on any atom is -0.310 e. The molecule has 1 aromatic rings. The predicted molar refractivity (Wildman–Crippen MR) is 92.9 cm³/mol. The number of halogens is 1. The van der Waals surface area contributed by atoms with Crippen molar-refractivity contribution in [2.75, 3.05) is 10.6 Å². The fourth-order valence-electron chi connectivity index (χ4n) is 2.40. The molecular weight excluding hydrogens is 328 g/mol. The van der Waals surface area contributed by atoms with Crippen LogP contribution < -0.4 is 5.32 Å². The van der Waals surface area contributed by atoms with Crippen LogP contribution in [-0.4, -0.2) is 16.2 Å². The summed E-state index contributed by atoms with van der Waals surface area (Å²) in [5.41, 5.74) is 0.478. The summed E-state index contributed by atoms with van der Waals surface area (Å²) in [6, 6.07) is 3.88. The van der Waals surface area contributed by atoms with Crippen molar-refractivity contribution in [1.29, 1.82) is 0 Å². The van der Waals surface area contributed by atoms with Gasteiger partial charge in [-0.05, 0) is 25.8 Å². The zero-order chi connectivity index (χ0) is 15.7. The predicted octanol–water partition coefficient (Wildman–Crippen LogP) is 4.61. The minimum atomic E-state index is -0.519. The van der Waals surface area contributed by atoms with Gasteiger partial charge in [-0.2, -0.15) is 0 Å². The van der Waals surface area contributed by atoms with Crippen LogP contribution in [-0.2, 0) is 10.2 Å². The number of alkyl halides is 1. The van der Waals surface area contributed by atoms with Gasteiger partial charge in [-0.15, -0.1) is 0 Å². The van der Waals surface area contributed by atoms with Gasteiger partial charge in [0.15, 0.2) is 0 Å². The molecule has 0 unspecified atom stereocenters. The molecule has 3 nitrogen and oxygen atoms in total. The normalized spacial score (nSPS) is 20.3. The molecule has 1 atom stereocenters. The van der Waals surface area contributed by atoms with Gasteiger partial charge in [-0.3, -0.25) is 4.79 Å². The molecular formula is C17H23BrN2O. The van der Waals surface area contributed by atoms with E-state index in [1.165, 1.54) is 0 Å². The number of nitrogens with one attached hydrogen (secondary N) is 1. The maximum absolute atomic E-state index is 12.4. The number of amides is 1. The maximum atomic E-state index is 12.4. The Morgan fingerprint density at radius 1 is 1.29 bits per heavy atom. The molecule has 0 radical (unpaired) electrons. The summed E-state index contributed by atoms with van der Waals surface area (Å²) in [6.45, 7) is 5.97. The van der Waals surface area contributed by atoms with Crippen LogP contribution in [0, 0.1) is 0 Å². The molecule has 0 fully saturated rings. The third-order valence-electron chi connectivity index (χ3n) is 3.41. The van der Waals surface area contributed by atoms with Gasteiger partial charge in [0, 0.05) is 17.1 Å². The number of hydrogen-bond acceptors (Lipinski definition) is 2. The van der Waals surface area contributed by atoms with Crippen molar-refractivity contribution < 1.29 is 4.79 Å². The van der Waals surface area contributed by atoms with E-state index in [1.807, 2.05) is 51.1 Å². The second-order valence-electron chi connectivity index (χ2n) is 4.54. The van der Waals surface area contributed by atoms with Crippen LogP contribution in [0.4, 0.5) is 5.82 Å². The number of nitrogens with zero attached hydrogens (tertiary/aromatic N) is 1.